The number of halogens is 1. The Hall–Kier alpha value is -1.92. The predicted octanol–water partition coefficient (Wildman–Crippen LogP) is 2.84. The van der Waals surface area contributed by atoms with E-state index in [1.54, 1.807) is 0 Å². The molecule has 0 aliphatic carbocycles. The van der Waals surface area contributed by atoms with Crippen LogP contribution in [-0.4, -0.2) is 48.5 Å². The van der Waals surface area contributed by atoms with Crippen LogP contribution in [0.25, 0.3) is 0 Å². The lowest BCUT2D eigenvalue weighted by molar-refractivity contribution is -0.123. The maximum atomic E-state index is 12.3. The van der Waals surface area contributed by atoms with Gasteiger partial charge in [0.25, 0.3) is 0 Å². The van der Waals surface area contributed by atoms with E-state index in [-0.39, 0.29) is 11.9 Å². The molecule has 1 atom stereocenters. The number of hydrogen-bond donors (Lipinski definition) is 1. The van der Waals surface area contributed by atoms with E-state index in [4.69, 9.17) is 0 Å². The first-order chi connectivity index (χ1) is 12.1. The Balaban J connectivity index is 1.45. The van der Waals surface area contributed by atoms with E-state index in [0.717, 1.165) is 42.0 Å². The number of aromatic nitrogens is 1. The van der Waals surface area contributed by atoms with Gasteiger partial charge in [-0.3, -0.25) is 9.69 Å². The standard InChI is InChI=1S/C19H23BrN4O/c1-15(16-5-7-17(20)8-6-16)22-19(25)14-23-10-12-24(13-11-23)18-4-2-3-9-21-18/h2-9,15H,10-14H2,1H3,(H,22,25)/t15-/m1/s1. The number of nitrogens with one attached hydrogen (secondary N) is 1. The molecule has 1 aliphatic heterocycles. The zero-order valence-electron chi connectivity index (χ0n) is 14.4. The maximum absolute atomic E-state index is 12.3. The molecule has 1 aromatic heterocycles. The van der Waals surface area contributed by atoms with E-state index in [1.165, 1.54) is 0 Å². The molecule has 3 rings (SSSR count). The van der Waals surface area contributed by atoms with Gasteiger partial charge in [0.1, 0.15) is 5.82 Å². The number of hydrogen-bond acceptors (Lipinski definition) is 4. The zero-order valence-corrected chi connectivity index (χ0v) is 15.9. The molecule has 132 valence electrons. The Morgan fingerprint density at radius 3 is 2.52 bits per heavy atom. The fraction of sp³-hybridized carbons (Fsp3) is 0.368. The van der Waals surface area contributed by atoms with Crippen LogP contribution in [0.4, 0.5) is 5.82 Å². The highest BCUT2D eigenvalue weighted by Gasteiger charge is 2.20. The van der Waals surface area contributed by atoms with Gasteiger partial charge in [0.05, 0.1) is 12.6 Å². The first kappa shape index (κ1) is 17.9. The molecule has 1 aromatic carbocycles. The normalized spacial score (nSPS) is 16.5. The quantitative estimate of drug-likeness (QED) is 0.834. The number of carbonyl (C=O) groups excluding carboxylic acids is 1. The first-order valence-electron chi connectivity index (χ1n) is 8.55. The molecule has 0 bridgehead atoms. The molecule has 6 heteroatoms. The van der Waals surface area contributed by atoms with E-state index >= 15 is 0 Å². The average Bonchev–Trinajstić information content (AvgIpc) is 2.63. The summed E-state index contributed by atoms with van der Waals surface area (Å²) in [6, 6.07) is 14.0. The molecule has 0 radical (unpaired) electrons. The number of benzene rings is 1. The van der Waals surface area contributed by atoms with Crippen molar-refractivity contribution in [1.82, 2.24) is 15.2 Å². The van der Waals surface area contributed by atoms with E-state index in [0.29, 0.717) is 6.54 Å². The van der Waals surface area contributed by atoms with Crippen molar-refractivity contribution >= 4 is 27.7 Å². The summed E-state index contributed by atoms with van der Waals surface area (Å²) >= 11 is 3.43. The summed E-state index contributed by atoms with van der Waals surface area (Å²) in [5.41, 5.74) is 1.11. The molecule has 1 amide bonds. The average molecular weight is 403 g/mol. The Kier molecular flexibility index (Phi) is 6.04. The molecular weight excluding hydrogens is 380 g/mol. The molecule has 1 saturated heterocycles. The minimum atomic E-state index is 0.00964. The van der Waals surface area contributed by atoms with E-state index < -0.39 is 0 Å². The van der Waals surface area contributed by atoms with Crippen LogP contribution in [0.2, 0.25) is 0 Å². The summed E-state index contributed by atoms with van der Waals surface area (Å²) in [4.78, 5) is 21.2. The highest BCUT2D eigenvalue weighted by Crippen LogP contribution is 2.17. The van der Waals surface area contributed by atoms with Crippen LogP contribution in [0.1, 0.15) is 18.5 Å². The fourth-order valence-corrected chi connectivity index (χ4v) is 3.27. The number of pyridine rings is 1. The molecule has 25 heavy (non-hydrogen) atoms. The summed E-state index contributed by atoms with van der Waals surface area (Å²) in [7, 11) is 0. The van der Waals surface area contributed by atoms with Crippen LogP contribution < -0.4 is 10.2 Å². The number of rotatable bonds is 5. The summed E-state index contributed by atoms with van der Waals surface area (Å²) in [5.74, 6) is 1.08. The van der Waals surface area contributed by atoms with Crippen molar-refractivity contribution in [3.8, 4) is 0 Å². The van der Waals surface area contributed by atoms with Crippen LogP contribution in [0.5, 0.6) is 0 Å². The van der Waals surface area contributed by atoms with E-state index in [9.17, 15) is 4.79 Å². The van der Waals surface area contributed by atoms with Crippen LogP contribution in [0, 0.1) is 0 Å². The summed E-state index contributed by atoms with van der Waals surface area (Å²) in [6.45, 7) is 5.99. The Labute approximate surface area is 157 Å². The molecule has 0 spiro atoms. The van der Waals surface area contributed by atoms with Crippen LogP contribution in [-0.2, 0) is 4.79 Å². The second-order valence-electron chi connectivity index (χ2n) is 6.29. The van der Waals surface area contributed by atoms with Crippen molar-refractivity contribution < 1.29 is 4.79 Å². The van der Waals surface area contributed by atoms with Crippen LogP contribution in [0.3, 0.4) is 0 Å². The predicted molar refractivity (Wildman–Crippen MR) is 104 cm³/mol. The Bertz CT molecular complexity index is 684. The largest absolute Gasteiger partial charge is 0.354 e. The van der Waals surface area contributed by atoms with Gasteiger partial charge in [-0.25, -0.2) is 4.98 Å². The Morgan fingerprint density at radius 2 is 1.88 bits per heavy atom. The third kappa shape index (κ3) is 5.03. The second kappa shape index (κ2) is 8.45. The lowest BCUT2D eigenvalue weighted by atomic mass is 10.1. The van der Waals surface area contributed by atoms with Crippen molar-refractivity contribution in [3.63, 3.8) is 0 Å². The zero-order chi connectivity index (χ0) is 17.6. The number of anilines is 1. The van der Waals surface area contributed by atoms with E-state index in [1.807, 2.05) is 55.6 Å². The highest BCUT2D eigenvalue weighted by atomic mass is 79.9. The van der Waals surface area contributed by atoms with Gasteiger partial charge >= 0.3 is 0 Å². The number of amides is 1. The number of piperazine rings is 1. The molecule has 0 saturated carbocycles. The molecule has 1 N–H and O–H groups in total. The first-order valence-corrected chi connectivity index (χ1v) is 9.34. The SMILES string of the molecule is C[C@@H](NC(=O)CN1CCN(c2ccccn2)CC1)c1ccc(Br)cc1. The summed E-state index contributed by atoms with van der Waals surface area (Å²) < 4.78 is 1.04. The van der Waals surface area contributed by atoms with Crippen molar-refractivity contribution in [2.24, 2.45) is 0 Å². The summed E-state index contributed by atoms with van der Waals surface area (Å²) in [6.07, 6.45) is 1.82. The maximum Gasteiger partial charge on any atom is 0.234 e. The van der Waals surface area contributed by atoms with Gasteiger partial charge in [-0.1, -0.05) is 34.1 Å². The summed E-state index contributed by atoms with van der Waals surface area (Å²) in [5, 5.41) is 3.08. The van der Waals surface area contributed by atoms with Crippen LogP contribution in [0.15, 0.2) is 53.1 Å². The van der Waals surface area contributed by atoms with Gasteiger partial charge < -0.3 is 10.2 Å². The second-order valence-corrected chi connectivity index (χ2v) is 7.21. The molecule has 2 aromatic rings. The van der Waals surface area contributed by atoms with Crippen molar-refractivity contribution in [3.05, 3.63) is 58.7 Å². The van der Waals surface area contributed by atoms with Crippen molar-refractivity contribution in [2.75, 3.05) is 37.6 Å². The van der Waals surface area contributed by atoms with Gasteiger partial charge in [0, 0.05) is 36.8 Å². The van der Waals surface area contributed by atoms with Crippen molar-refractivity contribution in [2.45, 2.75) is 13.0 Å². The van der Waals surface area contributed by atoms with Gasteiger partial charge in [0.15, 0.2) is 0 Å². The van der Waals surface area contributed by atoms with Gasteiger partial charge in [-0.2, -0.15) is 0 Å². The number of nitrogens with zero attached hydrogens (tertiary/aromatic N) is 3. The smallest absolute Gasteiger partial charge is 0.234 e. The molecule has 0 unspecified atom stereocenters. The third-order valence-electron chi connectivity index (χ3n) is 4.46. The lowest BCUT2D eigenvalue weighted by Crippen LogP contribution is -2.49. The topological polar surface area (TPSA) is 48.5 Å². The minimum absolute atomic E-state index is 0.00964. The Morgan fingerprint density at radius 1 is 1.16 bits per heavy atom. The van der Waals surface area contributed by atoms with Gasteiger partial charge in [0.2, 0.25) is 5.91 Å². The lowest BCUT2D eigenvalue weighted by Gasteiger charge is -2.35. The fourth-order valence-electron chi connectivity index (χ4n) is 3.00. The van der Waals surface area contributed by atoms with E-state index in [2.05, 4.69) is 36.0 Å². The van der Waals surface area contributed by atoms with Crippen LogP contribution >= 0.6 is 15.9 Å². The van der Waals surface area contributed by atoms with Gasteiger partial charge in [-0.15, -0.1) is 0 Å². The molecule has 5 nitrogen and oxygen atoms in total. The van der Waals surface area contributed by atoms with Crippen molar-refractivity contribution in [1.29, 1.82) is 0 Å². The number of carbonyl (C=O) groups is 1. The third-order valence-corrected chi connectivity index (χ3v) is 4.99. The highest BCUT2D eigenvalue weighted by molar-refractivity contribution is 9.10. The van der Waals surface area contributed by atoms with Gasteiger partial charge in [-0.05, 0) is 36.8 Å². The minimum Gasteiger partial charge on any atom is -0.354 e. The molecule has 2 heterocycles. The molecular formula is C19H23BrN4O. The molecule has 1 fully saturated rings. The monoisotopic (exact) mass is 402 g/mol. The molecule has 1 aliphatic rings.